The summed E-state index contributed by atoms with van der Waals surface area (Å²) in [5.41, 5.74) is 1.85. The number of halogens is 1. The van der Waals surface area contributed by atoms with Crippen molar-refractivity contribution in [3.05, 3.63) is 22.7 Å². The number of likely N-dealkylation sites (tertiary alicyclic amines) is 1. The maximum absolute atomic E-state index is 11.7. The van der Waals surface area contributed by atoms with Crippen LogP contribution in [-0.4, -0.2) is 42.1 Å². The number of anilines is 1. The zero-order chi connectivity index (χ0) is 13.0. The van der Waals surface area contributed by atoms with E-state index in [2.05, 4.69) is 30.8 Å². The van der Waals surface area contributed by atoms with Gasteiger partial charge < -0.3 is 9.80 Å². The molecule has 5 nitrogen and oxygen atoms in total. The number of nitrogens with zero attached hydrogens (tertiary/aromatic N) is 4. The van der Waals surface area contributed by atoms with Crippen molar-refractivity contribution >= 4 is 44.9 Å². The van der Waals surface area contributed by atoms with E-state index < -0.39 is 0 Å². The molecule has 0 aromatic heterocycles. The quantitative estimate of drug-likeness (QED) is 0.734. The first-order valence-corrected chi connectivity index (χ1v) is 7.04. The third-order valence-electron chi connectivity index (χ3n) is 3.59. The minimum absolute atomic E-state index is 0.101. The summed E-state index contributed by atoms with van der Waals surface area (Å²) in [4.78, 5) is 24.6. The van der Waals surface area contributed by atoms with Crippen molar-refractivity contribution < 1.29 is 4.79 Å². The molecule has 3 heterocycles. The maximum Gasteiger partial charge on any atom is 0.267 e. The molecule has 3 aliphatic rings. The number of benzene rings is 1. The van der Waals surface area contributed by atoms with Gasteiger partial charge in [0.2, 0.25) is 0 Å². The number of carbonyl (C=O) groups excluding carboxylic acids is 1. The van der Waals surface area contributed by atoms with Gasteiger partial charge in [-0.25, -0.2) is 4.99 Å². The van der Waals surface area contributed by atoms with Crippen molar-refractivity contribution in [3.63, 3.8) is 0 Å². The number of hydrogen-bond acceptors (Lipinski definition) is 4. The molecule has 4 rings (SSSR count). The summed E-state index contributed by atoms with van der Waals surface area (Å²) in [6, 6.07) is 5.93. The smallest absolute Gasteiger partial charge is 0.267 e. The third kappa shape index (κ3) is 1.63. The zero-order valence-electron chi connectivity index (χ0n) is 10.1. The van der Waals surface area contributed by atoms with E-state index in [0.717, 1.165) is 34.8 Å². The summed E-state index contributed by atoms with van der Waals surface area (Å²) in [7, 11) is 0. The molecule has 1 aromatic carbocycles. The van der Waals surface area contributed by atoms with E-state index in [1.807, 2.05) is 23.1 Å². The summed E-state index contributed by atoms with van der Waals surface area (Å²) in [6.07, 6.45) is 1.17. The number of amidine groups is 2. The van der Waals surface area contributed by atoms with Crippen LogP contribution in [0.1, 0.15) is 6.42 Å². The molecule has 0 saturated carbocycles. The zero-order valence-corrected chi connectivity index (χ0v) is 11.7. The number of hydrogen-bond donors (Lipinski definition) is 0. The first kappa shape index (κ1) is 11.2. The Kier molecular flexibility index (Phi) is 2.29. The monoisotopic (exact) mass is 318 g/mol. The third-order valence-corrected chi connectivity index (χ3v) is 4.08. The Hall–Kier alpha value is -1.69. The van der Waals surface area contributed by atoms with Gasteiger partial charge in [-0.05, 0) is 24.6 Å². The largest absolute Gasteiger partial charge is 0.353 e. The molecule has 0 atom stereocenters. The van der Waals surface area contributed by atoms with E-state index >= 15 is 0 Å². The van der Waals surface area contributed by atoms with Crippen LogP contribution in [0.2, 0.25) is 0 Å². The second kappa shape index (κ2) is 3.90. The second-order valence-corrected chi connectivity index (χ2v) is 5.74. The molecule has 3 aliphatic heterocycles. The van der Waals surface area contributed by atoms with Gasteiger partial charge in [-0.1, -0.05) is 15.9 Å². The molecule has 0 bridgehead atoms. The SMILES string of the molecule is O=C1CN2C(=N1)C(N1CCC1)=Nc1ccc(Br)cc12. The number of rotatable bonds is 0. The van der Waals surface area contributed by atoms with Crippen molar-refractivity contribution in [2.24, 2.45) is 9.98 Å². The standard InChI is InChI=1S/C13H11BrN4O/c14-8-2-3-9-10(6-8)18-7-11(19)16-13(18)12(15-9)17-4-1-5-17/h2-3,6H,1,4-5,7H2. The lowest BCUT2D eigenvalue weighted by molar-refractivity contribution is -0.115. The van der Waals surface area contributed by atoms with Gasteiger partial charge in [0.1, 0.15) is 6.54 Å². The lowest BCUT2D eigenvalue weighted by Gasteiger charge is -2.38. The Balaban J connectivity index is 1.89. The van der Waals surface area contributed by atoms with E-state index in [-0.39, 0.29) is 5.91 Å². The molecule has 1 fully saturated rings. The van der Waals surface area contributed by atoms with Gasteiger partial charge in [0.15, 0.2) is 11.7 Å². The summed E-state index contributed by atoms with van der Waals surface area (Å²) in [5, 5.41) is 0. The van der Waals surface area contributed by atoms with Gasteiger partial charge in [-0.15, -0.1) is 0 Å². The van der Waals surface area contributed by atoms with Crippen LogP contribution in [-0.2, 0) is 4.79 Å². The summed E-state index contributed by atoms with van der Waals surface area (Å²) in [6.45, 7) is 2.29. The van der Waals surface area contributed by atoms with Crippen LogP contribution in [0.15, 0.2) is 32.7 Å². The molecule has 19 heavy (non-hydrogen) atoms. The Morgan fingerprint density at radius 1 is 1.16 bits per heavy atom. The van der Waals surface area contributed by atoms with Gasteiger partial charge >= 0.3 is 0 Å². The van der Waals surface area contributed by atoms with Crippen molar-refractivity contribution in [3.8, 4) is 0 Å². The van der Waals surface area contributed by atoms with E-state index in [9.17, 15) is 4.79 Å². The molecule has 0 unspecified atom stereocenters. The van der Waals surface area contributed by atoms with Crippen LogP contribution >= 0.6 is 15.9 Å². The molecule has 0 radical (unpaired) electrons. The molecular weight excluding hydrogens is 308 g/mol. The molecule has 0 aliphatic carbocycles. The van der Waals surface area contributed by atoms with Crippen LogP contribution in [0.3, 0.4) is 0 Å². The van der Waals surface area contributed by atoms with Crippen LogP contribution < -0.4 is 4.90 Å². The first-order chi connectivity index (χ1) is 9.22. The second-order valence-electron chi connectivity index (χ2n) is 4.82. The fraction of sp³-hybridized carbons (Fsp3) is 0.308. The number of aliphatic imine (C=N–C) groups is 2. The molecule has 0 spiro atoms. The molecule has 1 saturated heterocycles. The molecule has 1 amide bonds. The van der Waals surface area contributed by atoms with Crippen molar-refractivity contribution in [1.82, 2.24) is 4.90 Å². The van der Waals surface area contributed by atoms with E-state index in [1.165, 1.54) is 6.42 Å². The summed E-state index contributed by atoms with van der Waals surface area (Å²) < 4.78 is 0.979. The highest BCUT2D eigenvalue weighted by Gasteiger charge is 2.37. The fourth-order valence-electron chi connectivity index (χ4n) is 2.51. The van der Waals surface area contributed by atoms with Gasteiger partial charge in [-0.3, -0.25) is 4.79 Å². The van der Waals surface area contributed by atoms with Gasteiger partial charge in [0, 0.05) is 17.6 Å². The highest BCUT2D eigenvalue weighted by Crippen LogP contribution is 2.37. The fourth-order valence-corrected chi connectivity index (χ4v) is 2.85. The lowest BCUT2D eigenvalue weighted by atomic mass is 10.1. The minimum atomic E-state index is -0.101. The van der Waals surface area contributed by atoms with E-state index in [0.29, 0.717) is 12.4 Å². The van der Waals surface area contributed by atoms with Crippen LogP contribution in [0.4, 0.5) is 11.4 Å². The van der Waals surface area contributed by atoms with E-state index in [1.54, 1.807) is 0 Å². The molecule has 0 N–H and O–H groups in total. The Morgan fingerprint density at radius 3 is 2.74 bits per heavy atom. The van der Waals surface area contributed by atoms with E-state index in [4.69, 9.17) is 0 Å². The Labute approximate surface area is 118 Å². The average Bonchev–Trinajstić information content (AvgIpc) is 2.70. The van der Waals surface area contributed by atoms with Gasteiger partial charge in [0.05, 0.1) is 11.4 Å². The predicted octanol–water partition coefficient (Wildman–Crippen LogP) is 1.94. The van der Waals surface area contributed by atoms with Crippen molar-refractivity contribution in [2.75, 3.05) is 24.5 Å². The van der Waals surface area contributed by atoms with Crippen LogP contribution in [0.25, 0.3) is 0 Å². The predicted molar refractivity (Wildman–Crippen MR) is 77.2 cm³/mol. The van der Waals surface area contributed by atoms with Crippen molar-refractivity contribution in [1.29, 1.82) is 0 Å². The Bertz CT molecular complexity index is 648. The Morgan fingerprint density at radius 2 is 2.00 bits per heavy atom. The van der Waals surface area contributed by atoms with Crippen LogP contribution in [0.5, 0.6) is 0 Å². The van der Waals surface area contributed by atoms with Gasteiger partial charge in [0.25, 0.3) is 5.91 Å². The first-order valence-electron chi connectivity index (χ1n) is 6.25. The molecule has 1 aromatic rings. The maximum atomic E-state index is 11.7. The lowest BCUT2D eigenvalue weighted by Crippen LogP contribution is -2.50. The molecule has 6 heteroatoms. The van der Waals surface area contributed by atoms with Crippen LogP contribution in [0, 0.1) is 0 Å². The van der Waals surface area contributed by atoms with Crippen molar-refractivity contribution in [2.45, 2.75) is 6.42 Å². The molecular formula is C13H11BrN4O. The highest BCUT2D eigenvalue weighted by molar-refractivity contribution is 9.10. The minimum Gasteiger partial charge on any atom is -0.353 e. The average molecular weight is 319 g/mol. The number of carbonyl (C=O) groups is 1. The topological polar surface area (TPSA) is 48.3 Å². The summed E-state index contributed by atoms with van der Waals surface area (Å²) in [5.74, 6) is 1.44. The number of amides is 1. The number of fused-ring (bicyclic) bond motifs is 3. The van der Waals surface area contributed by atoms with Gasteiger partial charge in [-0.2, -0.15) is 4.99 Å². The molecule has 96 valence electrons. The normalized spacial score (nSPS) is 20.6. The summed E-state index contributed by atoms with van der Waals surface area (Å²) >= 11 is 3.46. The highest BCUT2D eigenvalue weighted by atomic mass is 79.9.